The molecule has 0 aliphatic carbocycles. The summed E-state index contributed by atoms with van der Waals surface area (Å²) in [5.41, 5.74) is 1.73. The number of rotatable bonds is 4. The van der Waals surface area contributed by atoms with Gasteiger partial charge in [0.15, 0.2) is 0 Å². The average molecular weight is 482 g/mol. The maximum absolute atomic E-state index is 13.2. The minimum absolute atomic E-state index is 0.0411. The molecular weight excluding hydrogens is 469 g/mol. The molecule has 0 saturated heterocycles. The quantitative estimate of drug-likeness (QED) is 0.313. The van der Waals surface area contributed by atoms with Crippen molar-refractivity contribution in [3.8, 4) is 11.4 Å². The van der Waals surface area contributed by atoms with Crippen molar-refractivity contribution in [2.45, 2.75) is 12.8 Å². The van der Waals surface area contributed by atoms with E-state index in [0.29, 0.717) is 10.8 Å². The van der Waals surface area contributed by atoms with E-state index < -0.39 is 11.7 Å². The maximum Gasteiger partial charge on any atom is 0.416 e. The Hall–Kier alpha value is -2.51. The summed E-state index contributed by atoms with van der Waals surface area (Å²) in [4.78, 5) is 4.37. The molecule has 1 heterocycles. The van der Waals surface area contributed by atoms with Crippen molar-refractivity contribution in [2.24, 2.45) is 0 Å². The zero-order valence-electron chi connectivity index (χ0n) is 14.8. The number of imidazole rings is 1. The van der Waals surface area contributed by atoms with Crippen LogP contribution in [0.3, 0.4) is 0 Å². The van der Waals surface area contributed by atoms with Crippen LogP contribution in [0.25, 0.3) is 16.7 Å². The molecule has 1 aromatic heterocycles. The van der Waals surface area contributed by atoms with Crippen LogP contribution in [0.4, 0.5) is 13.2 Å². The Balaban J connectivity index is 1.65. The third kappa shape index (κ3) is 4.11. The lowest BCUT2D eigenvalue weighted by atomic mass is 10.1. The molecule has 0 fully saturated rings. The number of hydrogen-bond acceptors (Lipinski definition) is 2. The zero-order chi connectivity index (χ0) is 20.6. The summed E-state index contributed by atoms with van der Waals surface area (Å²) in [5, 5.41) is 0.311. The van der Waals surface area contributed by atoms with Crippen LogP contribution in [0.15, 0.2) is 71.5 Å². The third-order valence-corrected chi connectivity index (χ3v) is 5.21. The SMILES string of the molecule is FC(F)(F)c1ccccc1COc1cc(-n2cnc3cc(Br)ccc32)ccc1Cl. The second kappa shape index (κ2) is 7.72. The predicted octanol–water partition coefficient (Wildman–Crippen LogP) is 7.04. The second-order valence-electron chi connectivity index (χ2n) is 6.31. The molecule has 0 radical (unpaired) electrons. The molecule has 8 heteroatoms. The fourth-order valence-corrected chi connectivity index (χ4v) is 3.54. The maximum atomic E-state index is 13.2. The summed E-state index contributed by atoms with van der Waals surface area (Å²) in [6.07, 6.45) is -2.78. The van der Waals surface area contributed by atoms with Gasteiger partial charge in [-0.3, -0.25) is 4.57 Å². The summed E-state index contributed by atoms with van der Waals surface area (Å²) < 4.78 is 48.0. The van der Waals surface area contributed by atoms with Crippen LogP contribution in [0.5, 0.6) is 5.75 Å². The summed E-state index contributed by atoms with van der Waals surface area (Å²) in [7, 11) is 0. The van der Waals surface area contributed by atoms with Crippen molar-refractivity contribution >= 4 is 38.6 Å². The average Bonchev–Trinajstić information content (AvgIpc) is 3.10. The van der Waals surface area contributed by atoms with Crippen LogP contribution in [-0.2, 0) is 12.8 Å². The Morgan fingerprint density at radius 2 is 1.83 bits per heavy atom. The van der Waals surface area contributed by atoms with Gasteiger partial charge in [-0.15, -0.1) is 0 Å². The van der Waals surface area contributed by atoms with Crippen LogP contribution in [0.2, 0.25) is 5.02 Å². The Labute approximate surface area is 177 Å². The molecule has 0 saturated carbocycles. The van der Waals surface area contributed by atoms with Crippen LogP contribution in [0.1, 0.15) is 11.1 Å². The third-order valence-electron chi connectivity index (χ3n) is 4.41. The van der Waals surface area contributed by atoms with Crippen LogP contribution in [0, 0.1) is 0 Å². The second-order valence-corrected chi connectivity index (χ2v) is 7.63. The number of ether oxygens (including phenoxy) is 1. The van der Waals surface area contributed by atoms with E-state index in [9.17, 15) is 13.2 Å². The smallest absolute Gasteiger partial charge is 0.416 e. The number of nitrogens with zero attached hydrogens (tertiary/aromatic N) is 2. The Kier molecular flexibility index (Phi) is 5.27. The van der Waals surface area contributed by atoms with Crippen LogP contribution in [-0.4, -0.2) is 9.55 Å². The fraction of sp³-hybridized carbons (Fsp3) is 0.0952. The molecule has 0 bridgehead atoms. The van der Waals surface area contributed by atoms with Gasteiger partial charge < -0.3 is 4.74 Å². The van der Waals surface area contributed by atoms with E-state index in [4.69, 9.17) is 16.3 Å². The van der Waals surface area contributed by atoms with Gasteiger partial charge in [0.25, 0.3) is 0 Å². The van der Waals surface area contributed by atoms with Gasteiger partial charge in [0.2, 0.25) is 0 Å². The highest BCUT2D eigenvalue weighted by Crippen LogP contribution is 2.34. The monoisotopic (exact) mass is 480 g/mol. The molecule has 0 aliphatic rings. The number of hydrogen-bond donors (Lipinski definition) is 0. The molecule has 0 spiro atoms. The van der Waals surface area contributed by atoms with Gasteiger partial charge in [-0.2, -0.15) is 13.2 Å². The highest BCUT2D eigenvalue weighted by molar-refractivity contribution is 9.10. The first-order chi connectivity index (χ1) is 13.8. The number of benzene rings is 3. The normalized spacial score (nSPS) is 11.8. The highest BCUT2D eigenvalue weighted by atomic mass is 79.9. The Morgan fingerprint density at radius 1 is 1.03 bits per heavy atom. The van der Waals surface area contributed by atoms with E-state index >= 15 is 0 Å². The molecule has 0 atom stereocenters. The molecule has 3 aromatic carbocycles. The van der Waals surface area contributed by atoms with Crippen LogP contribution >= 0.6 is 27.5 Å². The van der Waals surface area contributed by atoms with E-state index in [0.717, 1.165) is 27.3 Å². The molecule has 3 nitrogen and oxygen atoms in total. The lowest BCUT2D eigenvalue weighted by Gasteiger charge is -2.15. The summed E-state index contributed by atoms with van der Waals surface area (Å²) in [5.74, 6) is 0.292. The van der Waals surface area contributed by atoms with Gasteiger partial charge >= 0.3 is 6.18 Å². The van der Waals surface area contributed by atoms with Crippen molar-refractivity contribution in [1.82, 2.24) is 9.55 Å². The molecule has 0 N–H and O–H groups in total. The van der Waals surface area contributed by atoms with Gasteiger partial charge in [0, 0.05) is 16.1 Å². The number of halogens is 5. The molecular formula is C21H13BrClF3N2O. The van der Waals surface area contributed by atoms with Gasteiger partial charge in [-0.25, -0.2) is 4.98 Å². The van der Waals surface area contributed by atoms with Gasteiger partial charge in [-0.1, -0.05) is 45.7 Å². The van der Waals surface area contributed by atoms with Crippen molar-refractivity contribution in [2.75, 3.05) is 0 Å². The zero-order valence-corrected chi connectivity index (χ0v) is 17.1. The van der Waals surface area contributed by atoms with Gasteiger partial charge in [0.05, 0.1) is 27.3 Å². The molecule has 4 rings (SSSR count). The van der Waals surface area contributed by atoms with Crippen molar-refractivity contribution in [1.29, 1.82) is 0 Å². The molecule has 0 unspecified atom stereocenters. The molecule has 148 valence electrons. The summed E-state index contributed by atoms with van der Waals surface area (Å²) in [6.45, 7) is -0.253. The van der Waals surface area contributed by atoms with Crippen LogP contribution < -0.4 is 4.74 Å². The Morgan fingerprint density at radius 3 is 2.62 bits per heavy atom. The lowest BCUT2D eigenvalue weighted by Crippen LogP contribution is -2.10. The lowest BCUT2D eigenvalue weighted by molar-refractivity contribution is -0.138. The number of aromatic nitrogens is 2. The molecule has 4 aromatic rings. The summed E-state index contributed by atoms with van der Waals surface area (Å²) in [6, 6.07) is 16.2. The first-order valence-electron chi connectivity index (χ1n) is 8.53. The number of fused-ring (bicyclic) bond motifs is 1. The minimum atomic E-state index is -4.45. The van der Waals surface area contributed by atoms with E-state index in [1.165, 1.54) is 12.1 Å². The summed E-state index contributed by atoms with van der Waals surface area (Å²) >= 11 is 9.63. The molecule has 29 heavy (non-hydrogen) atoms. The van der Waals surface area contributed by atoms with Crippen molar-refractivity contribution < 1.29 is 17.9 Å². The topological polar surface area (TPSA) is 27.1 Å². The molecule has 0 aliphatic heterocycles. The van der Waals surface area contributed by atoms with E-state index in [1.54, 1.807) is 30.6 Å². The number of alkyl halides is 3. The first-order valence-corrected chi connectivity index (χ1v) is 9.70. The van der Waals surface area contributed by atoms with E-state index in [1.807, 2.05) is 22.8 Å². The minimum Gasteiger partial charge on any atom is -0.487 e. The van der Waals surface area contributed by atoms with Gasteiger partial charge in [-0.05, 0) is 36.4 Å². The Bertz CT molecular complexity index is 1190. The largest absolute Gasteiger partial charge is 0.487 e. The van der Waals surface area contributed by atoms with E-state index in [-0.39, 0.29) is 12.2 Å². The highest BCUT2D eigenvalue weighted by Gasteiger charge is 2.33. The fourth-order valence-electron chi connectivity index (χ4n) is 3.02. The standard InChI is InChI=1S/C21H13BrClF3N2O/c22-14-5-8-19-18(9-14)27-12-28(19)15-6-7-17(23)20(10-15)29-11-13-3-1-2-4-16(13)21(24,25)26/h1-10,12H,11H2. The first kappa shape index (κ1) is 19.8. The van der Waals surface area contributed by atoms with Gasteiger partial charge in [0.1, 0.15) is 18.7 Å². The van der Waals surface area contributed by atoms with Crippen molar-refractivity contribution in [3.63, 3.8) is 0 Å². The van der Waals surface area contributed by atoms with E-state index in [2.05, 4.69) is 20.9 Å². The predicted molar refractivity (Wildman–Crippen MR) is 110 cm³/mol. The molecule has 0 amide bonds. The van der Waals surface area contributed by atoms with Crippen molar-refractivity contribution in [3.05, 3.63) is 87.6 Å².